The molecule has 1 heterocycles. The van der Waals surface area contributed by atoms with Gasteiger partial charge in [-0.15, -0.1) is 17.0 Å². The number of nitrogens with zero attached hydrogens (tertiary/aromatic N) is 2. The highest BCUT2D eigenvalue weighted by Crippen LogP contribution is 2.15. The van der Waals surface area contributed by atoms with Crippen molar-refractivity contribution < 1.29 is 14.3 Å². The summed E-state index contributed by atoms with van der Waals surface area (Å²) < 4.78 is 12.2. The van der Waals surface area contributed by atoms with Crippen LogP contribution in [0.2, 0.25) is 0 Å². The molecule has 0 unspecified atom stereocenters. The SMILES string of the molecule is Br.C=C(C)COC(=O)N1CCN(SC(=N)OCC)CC1. The third kappa shape index (κ3) is 7.16. The lowest BCUT2D eigenvalue weighted by molar-refractivity contribution is 0.0976. The number of hydrogen-bond acceptors (Lipinski definition) is 6. The molecule has 116 valence electrons. The molecule has 0 saturated carbocycles. The van der Waals surface area contributed by atoms with Gasteiger partial charge in [-0.2, -0.15) is 0 Å². The van der Waals surface area contributed by atoms with E-state index in [9.17, 15) is 4.79 Å². The maximum atomic E-state index is 11.7. The molecule has 1 saturated heterocycles. The number of carbonyl (C=O) groups excluding carboxylic acids is 1. The molecule has 0 aromatic carbocycles. The van der Waals surface area contributed by atoms with Crippen molar-refractivity contribution in [1.29, 1.82) is 5.41 Å². The number of carbonyl (C=O) groups is 1. The van der Waals surface area contributed by atoms with Crippen molar-refractivity contribution in [2.45, 2.75) is 13.8 Å². The number of rotatable bonds is 4. The van der Waals surface area contributed by atoms with E-state index in [-0.39, 0.29) is 34.9 Å². The second kappa shape index (κ2) is 10.1. The highest BCUT2D eigenvalue weighted by atomic mass is 79.9. The third-order valence-corrected chi connectivity index (χ3v) is 3.33. The van der Waals surface area contributed by atoms with Crippen LogP contribution in [0.5, 0.6) is 0 Å². The molecular formula is C12H22BrN3O3S. The lowest BCUT2D eigenvalue weighted by Gasteiger charge is -2.32. The van der Waals surface area contributed by atoms with Crippen LogP contribution >= 0.6 is 28.9 Å². The predicted molar refractivity (Wildman–Crippen MR) is 86.6 cm³/mol. The minimum absolute atomic E-state index is 0. The van der Waals surface area contributed by atoms with Gasteiger partial charge in [-0.1, -0.05) is 6.58 Å². The molecule has 1 rings (SSSR count). The van der Waals surface area contributed by atoms with E-state index in [4.69, 9.17) is 14.9 Å². The minimum atomic E-state index is -0.299. The highest BCUT2D eigenvalue weighted by Gasteiger charge is 2.23. The van der Waals surface area contributed by atoms with Gasteiger partial charge in [0.1, 0.15) is 6.61 Å². The van der Waals surface area contributed by atoms with Gasteiger partial charge in [-0.3, -0.25) is 5.41 Å². The van der Waals surface area contributed by atoms with Crippen LogP contribution in [0.25, 0.3) is 0 Å². The molecule has 6 nitrogen and oxygen atoms in total. The van der Waals surface area contributed by atoms with E-state index in [0.29, 0.717) is 32.8 Å². The van der Waals surface area contributed by atoms with Gasteiger partial charge in [0.05, 0.1) is 6.61 Å². The van der Waals surface area contributed by atoms with Crippen LogP contribution in [-0.4, -0.2) is 59.9 Å². The van der Waals surface area contributed by atoms with Gasteiger partial charge in [0.2, 0.25) is 0 Å². The minimum Gasteiger partial charge on any atom is -0.473 e. The van der Waals surface area contributed by atoms with Crippen molar-refractivity contribution >= 4 is 40.3 Å². The summed E-state index contributed by atoms with van der Waals surface area (Å²) in [5, 5.41) is 7.75. The highest BCUT2D eigenvalue weighted by molar-refractivity contribution is 8.93. The van der Waals surface area contributed by atoms with Gasteiger partial charge < -0.3 is 14.4 Å². The first-order valence-electron chi connectivity index (χ1n) is 6.23. The number of nitrogens with one attached hydrogen (secondary N) is 1. The van der Waals surface area contributed by atoms with Crippen molar-refractivity contribution in [3.63, 3.8) is 0 Å². The molecule has 0 radical (unpaired) electrons. The fraction of sp³-hybridized carbons (Fsp3) is 0.667. The molecule has 1 aliphatic heterocycles. The zero-order valence-corrected chi connectivity index (χ0v) is 14.4. The number of halogens is 1. The molecule has 0 spiro atoms. The Bertz CT molecular complexity index is 347. The van der Waals surface area contributed by atoms with E-state index in [0.717, 1.165) is 5.57 Å². The van der Waals surface area contributed by atoms with Gasteiger partial charge >= 0.3 is 6.09 Å². The Morgan fingerprint density at radius 1 is 1.30 bits per heavy atom. The third-order valence-electron chi connectivity index (χ3n) is 2.43. The van der Waals surface area contributed by atoms with Gasteiger partial charge in [-0.25, -0.2) is 9.10 Å². The molecular weight excluding hydrogens is 346 g/mol. The smallest absolute Gasteiger partial charge is 0.410 e. The topological polar surface area (TPSA) is 65.9 Å². The van der Waals surface area contributed by atoms with E-state index < -0.39 is 0 Å². The first kappa shape index (κ1) is 19.3. The predicted octanol–water partition coefficient (Wildman–Crippen LogP) is 2.51. The lowest BCUT2D eigenvalue weighted by atomic mass is 10.4. The Balaban J connectivity index is 0.00000361. The second-order valence-electron chi connectivity index (χ2n) is 4.24. The van der Waals surface area contributed by atoms with Crippen molar-refractivity contribution in [3.05, 3.63) is 12.2 Å². The standard InChI is InChI=1S/C12H21N3O3S.BrH/c1-4-17-11(13)19-15-7-5-14(6-8-15)12(16)18-9-10(2)3;/h13H,2,4-9H2,1,3H3;1H. The van der Waals surface area contributed by atoms with Crippen LogP contribution in [-0.2, 0) is 9.47 Å². The first-order chi connectivity index (χ1) is 9.02. The normalized spacial score (nSPS) is 15.2. The molecule has 0 aromatic heterocycles. The summed E-state index contributed by atoms with van der Waals surface area (Å²) in [5.41, 5.74) is 0.827. The summed E-state index contributed by atoms with van der Waals surface area (Å²) in [6.45, 7) is 10.7. The number of ether oxygens (including phenoxy) is 2. The van der Waals surface area contributed by atoms with Crippen molar-refractivity contribution in [2.24, 2.45) is 0 Å². The van der Waals surface area contributed by atoms with Gasteiger partial charge in [0.25, 0.3) is 5.23 Å². The van der Waals surface area contributed by atoms with Crippen LogP contribution in [0.4, 0.5) is 4.79 Å². The number of amides is 1. The Morgan fingerprint density at radius 2 is 1.90 bits per heavy atom. The van der Waals surface area contributed by atoms with Crippen molar-refractivity contribution in [3.8, 4) is 0 Å². The molecule has 20 heavy (non-hydrogen) atoms. The monoisotopic (exact) mass is 367 g/mol. The van der Waals surface area contributed by atoms with E-state index >= 15 is 0 Å². The Kier molecular flexibility index (Phi) is 9.70. The summed E-state index contributed by atoms with van der Waals surface area (Å²) in [5.74, 6) is 0. The van der Waals surface area contributed by atoms with Gasteiger partial charge in [-0.05, 0) is 19.4 Å². The summed E-state index contributed by atoms with van der Waals surface area (Å²) in [6, 6.07) is 0. The molecule has 1 amide bonds. The summed E-state index contributed by atoms with van der Waals surface area (Å²) in [7, 11) is 0. The second-order valence-corrected chi connectivity index (χ2v) is 5.31. The quantitative estimate of drug-likeness (QED) is 0.358. The fourth-order valence-corrected chi connectivity index (χ4v) is 2.26. The molecule has 0 bridgehead atoms. The molecule has 0 aromatic rings. The van der Waals surface area contributed by atoms with Crippen LogP contribution in [0.1, 0.15) is 13.8 Å². The molecule has 0 aliphatic carbocycles. The summed E-state index contributed by atoms with van der Waals surface area (Å²) >= 11 is 1.28. The average Bonchev–Trinajstić information content (AvgIpc) is 2.37. The zero-order chi connectivity index (χ0) is 14.3. The van der Waals surface area contributed by atoms with E-state index in [1.165, 1.54) is 11.9 Å². The van der Waals surface area contributed by atoms with E-state index in [1.807, 2.05) is 18.2 Å². The number of hydrogen-bond donors (Lipinski definition) is 1. The van der Waals surface area contributed by atoms with Crippen molar-refractivity contribution in [1.82, 2.24) is 9.21 Å². The van der Waals surface area contributed by atoms with Crippen molar-refractivity contribution in [2.75, 3.05) is 39.4 Å². The molecule has 0 atom stereocenters. The maximum Gasteiger partial charge on any atom is 0.410 e. The molecule has 1 fully saturated rings. The van der Waals surface area contributed by atoms with E-state index in [2.05, 4.69) is 6.58 Å². The Hall–Kier alpha value is -0.730. The summed E-state index contributed by atoms with van der Waals surface area (Å²) in [6.07, 6.45) is -0.299. The largest absolute Gasteiger partial charge is 0.473 e. The van der Waals surface area contributed by atoms with Crippen LogP contribution in [0.3, 0.4) is 0 Å². The van der Waals surface area contributed by atoms with Gasteiger partial charge in [0.15, 0.2) is 0 Å². The molecule has 1 N–H and O–H groups in total. The maximum absolute atomic E-state index is 11.7. The van der Waals surface area contributed by atoms with E-state index in [1.54, 1.807) is 4.90 Å². The fourth-order valence-electron chi connectivity index (χ4n) is 1.51. The van der Waals surface area contributed by atoms with Crippen LogP contribution in [0, 0.1) is 5.41 Å². The lowest BCUT2D eigenvalue weighted by Crippen LogP contribution is -2.46. The molecule has 1 aliphatic rings. The number of piperazine rings is 1. The molecule has 8 heteroatoms. The van der Waals surface area contributed by atoms with Gasteiger partial charge in [0, 0.05) is 38.1 Å². The van der Waals surface area contributed by atoms with Crippen LogP contribution < -0.4 is 0 Å². The van der Waals surface area contributed by atoms with Crippen LogP contribution in [0.15, 0.2) is 12.2 Å². The zero-order valence-electron chi connectivity index (χ0n) is 11.9. The Morgan fingerprint density at radius 3 is 2.40 bits per heavy atom. The average molecular weight is 368 g/mol. The summed E-state index contributed by atoms with van der Waals surface area (Å²) in [4.78, 5) is 13.4. The Labute approximate surface area is 134 Å². The first-order valence-corrected chi connectivity index (χ1v) is 7.00.